The van der Waals surface area contributed by atoms with Gasteiger partial charge in [0.2, 0.25) is 0 Å². The maximum Gasteiger partial charge on any atom is 0.193 e. The molecule has 118 valence electrons. The van der Waals surface area contributed by atoms with Crippen LogP contribution >= 0.6 is 0 Å². The second-order valence-electron chi connectivity index (χ2n) is 5.32. The Bertz CT molecular complexity index is 598. The van der Waals surface area contributed by atoms with Gasteiger partial charge in [-0.15, -0.1) is 0 Å². The monoisotopic (exact) mass is 299 g/mol. The van der Waals surface area contributed by atoms with Gasteiger partial charge in [0.1, 0.15) is 5.82 Å². The molecule has 0 radical (unpaired) electrons. The van der Waals surface area contributed by atoms with Crippen molar-refractivity contribution in [2.75, 3.05) is 11.9 Å². The van der Waals surface area contributed by atoms with Gasteiger partial charge in [-0.3, -0.25) is 4.99 Å². The van der Waals surface area contributed by atoms with E-state index in [-0.39, 0.29) is 0 Å². The Morgan fingerprint density at radius 2 is 2.05 bits per heavy atom. The summed E-state index contributed by atoms with van der Waals surface area (Å²) in [6.07, 6.45) is 6.96. The number of guanidine groups is 1. The molecule has 0 aliphatic heterocycles. The van der Waals surface area contributed by atoms with E-state index < -0.39 is 0 Å². The minimum absolute atomic E-state index is 0.475. The fourth-order valence-electron chi connectivity index (χ4n) is 2.24. The number of imidazole rings is 1. The topological polar surface area (TPSA) is 68.2 Å². The molecule has 22 heavy (non-hydrogen) atoms. The molecule has 0 bridgehead atoms. The standard InChI is InChI=1S/C17H25N5/c1-3-15-6-8-16(9-7-15)21-17(18)20-10-4-5-12-22-13-11-19-14(22)2/h6-9,11,13H,3-5,10,12H2,1-2H3,(H3,18,20,21). The summed E-state index contributed by atoms with van der Waals surface area (Å²) in [7, 11) is 0. The maximum absolute atomic E-state index is 5.90. The highest BCUT2D eigenvalue weighted by molar-refractivity contribution is 5.92. The third-order valence-electron chi connectivity index (χ3n) is 3.65. The Hall–Kier alpha value is -2.30. The highest BCUT2D eigenvalue weighted by Crippen LogP contribution is 2.09. The van der Waals surface area contributed by atoms with Gasteiger partial charge in [-0.05, 0) is 43.9 Å². The zero-order chi connectivity index (χ0) is 15.8. The van der Waals surface area contributed by atoms with E-state index in [2.05, 4.69) is 38.9 Å². The first-order valence-corrected chi connectivity index (χ1v) is 7.82. The van der Waals surface area contributed by atoms with Crippen LogP contribution in [0.3, 0.4) is 0 Å². The number of aromatic nitrogens is 2. The predicted molar refractivity (Wildman–Crippen MR) is 92.1 cm³/mol. The maximum atomic E-state index is 5.90. The molecular formula is C17H25N5. The number of hydrogen-bond acceptors (Lipinski definition) is 2. The summed E-state index contributed by atoms with van der Waals surface area (Å²) in [5.74, 6) is 1.53. The molecule has 0 saturated heterocycles. The molecular weight excluding hydrogens is 274 g/mol. The van der Waals surface area contributed by atoms with Gasteiger partial charge in [0.25, 0.3) is 0 Å². The second-order valence-corrected chi connectivity index (χ2v) is 5.32. The smallest absolute Gasteiger partial charge is 0.193 e. The Morgan fingerprint density at radius 1 is 1.27 bits per heavy atom. The van der Waals surface area contributed by atoms with Crippen molar-refractivity contribution in [1.82, 2.24) is 9.55 Å². The van der Waals surface area contributed by atoms with Crippen molar-refractivity contribution >= 4 is 11.6 Å². The van der Waals surface area contributed by atoms with Crippen LogP contribution in [0.5, 0.6) is 0 Å². The molecule has 0 atom stereocenters. The number of anilines is 1. The van der Waals surface area contributed by atoms with E-state index >= 15 is 0 Å². The summed E-state index contributed by atoms with van der Waals surface area (Å²) < 4.78 is 2.15. The summed E-state index contributed by atoms with van der Waals surface area (Å²) in [5, 5.41) is 3.12. The number of nitrogens with zero attached hydrogens (tertiary/aromatic N) is 3. The van der Waals surface area contributed by atoms with Gasteiger partial charge in [0, 0.05) is 31.2 Å². The van der Waals surface area contributed by atoms with Gasteiger partial charge >= 0.3 is 0 Å². The molecule has 5 nitrogen and oxygen atoms in total. The van der Waals surface area contributed by atoms with Gasteiger partial charge in [-0.1, -0.05) is 19.1 Å². The van der Waals surface area contributed by atoms with Crippen LogP contribution in [0.4, 0.5) is 5.69 Å². The highest BCUT2D eigenvalue weighted by atomic mass is 15.1. The number of unbranched alkanes of at least 4 members (excludes halogenated alkanes) is 1. The fraction of sp³-hybridized carbons (Fsp3) is 0.412. The lowest BCUT2D eigenvalue weighted by atomic mass is 10.1. The number of benzene rings is 1. The molecule has 2 rings (SSSR count). The summed E-state index contributed by atoms with van der Waals surface area (Å²) in [5.41, 5.74) is 8.20. The van der Waals surface area contributed by atoms with Crippen molar-refractivity contribution < 1.29 is 0 Å². The van der Waals surface area contributed by atoms with E-state index in [1.165, 1.54) is 5.56 Å². The van der Waals surface area contributed by atoms with Crippen molar-refractivity contribution in [3.8, 4) is 0 Å². The molecule has 0 saturated carbocycles. The quantitative estimate of drug-likeness (QED) is 0.469. The molecule has 2 aromatic rings. The largest absolute Gasteiger partial charge is 0.370 e. The highest BCUT2D eigenvalue weighted by Gasteiger charge is 1.97. The third-order valence-corrected chi connectivity index (χ3v) is 3.65. The molecule has 3 N–H and O–H groups in total. The van der Waals surface area contributed by atoms with Crippen LogP contribution < -0.4 is 11.1 Å². The first-order valence-electron chi connectivity index (χ1n) is 7.82. The average molecular weight is 299 g/mol. The number of aliphatic imine (C=N–C) groups is 1. The minimum Gasteiger partial charge on any atom is -0.370 e. The van der Waals surface area contributed by atoms with Crippen LogP contribution in [-0.2, 0) is 13.0 Å². The van der Waals surface area contributed by atoms with Crippen molar-refractivity contribution in [3.63, 3.8) is 0 Å². The van der Waals surface area contributed by atoms with Crippen LogP contribution in [0.25, 0.3) is 0 Å². The van der Waals surface area contributed by atoms with E-state index in [0.29, 0.717) is 5.96 Å². The van der Waals surface area contributed by atoms with Crippen molar-refractivity contribution in [2.24, 2.45) is 10.7 Å². The van der Waals surface area contributed by atoms with Crippen LogP contribution in [0.1, 0.15) is 31.2 Å². The van der Waals surface area contributed by atoms with Crippen LogP contribution in [0.15, 0.2) is 41.7 Å². The average Bonchev–Trinajstić information content (AvgIpc) is 2.93. The molecule has 0 aliphatic rings. The van der Waals surface area contributed by atoms with Gasteiger partial charge in [0.15, 0.2) is 5.96 Å². The molecule has 5 heteroatoms. The van der Waals surface area contributed by atoms with Crippen molar-refractivity contribution in [2.45, 2.75) is 39.7 Å². The van der Waals surface area contributed by atoms with Gasteiger partial charge in [-0.25, -0.2) is 4.98 Å². The molecule has 0 unspecified atom stereocenters. The van der Waals surface area contributed by atoms with E-state index in [4.69, 9.17) is 5.73 Å². The summed E-state index contributed by atoms with van der Waals surface area (Å²) in [6.45, 7) is 5.88. The first-order chi connectivity index (χ1) is 10.7. The van der Waals surface area contributed by atoms with E-state index in [1.54, 1.807) is 0 Å². The third kappa shape index (κ3) is 4.91. The zero-order valence-corrected chi connectivity index (χ0v) is 13.4. The number of hydrogen-bond donors (Lipinski definition) is 2. The molecule has 1 aromatic carbocycles. The van der Waals surface area contributed by atoms with E-state index in [0.717, 1.165) is 43.9 Å². The Labute approximate surface area is 132 Å². The number of nitrogens with two attached hydrogens (primary N) is 1. The molecule has 1 aromatic heterocycles. The molecule has 0 fully saturated rings. The number of aryl methyl sites for hydroxylation is 3. The van der Waals surface area contributed by atoms with Gasteiger partial charge in [-0.2, -0.15) is 0 Å². The Morgan fingerprint density at radius 3 is 2.68 bits per heavy atom. The number of rotatable bonds is 7. The zero-order valence-electron chi connectivity index (χ0n) is 13.4. The van der Waals surface area contributed by atoms with Gasteiger partial charge in [0.05, 0.1) is 0 Å². The Kier molecular flexibility index (Phi) is 6.01. The summed E-state index contributed by atoms with van der Waals surface area (Å²) in [4.78, 5) is 8.57. The van der Waals surface area contributed by atoms with E-state index in [1.807, 2.05) is 31.5 Å². The van der Waals surface area contributed by atoms with Crippen molar-refractivity contribution in [1.29, 1.82) is 0 Å². The summed E-state index contributed by atoms with van der Waals surface area (Å²) in [6, 6.07) is 8.26. The van der Waals surface area contributed by atoms with Gasteiger partial charge < -0.3 is 15.6 Å². The molecule has 1 heterocycles. The molecule has 0 spiro atoms. The van der Waals surface area contributed by atoms with Crippen LogP contribution in [0.2, 0.25) is 0 Å². The predicted octanol–water partition coefficient (Wildman–Crippen LogP) is 2.96. The SMILES string of the molecule is CCc1ccc(NC(N)=NCCCCn2ccnc2C)cc1. The summed E-state index contributed by atoms with van der Waals surface area (Å²) >= 11 is 0. The lowest BCUT2D eigenvalue weighted by Crippen LogP contribution is -2.22. The van der Waals surface area contributed by atoms with Crippen LogP contribution in [0, 0.1) is 6.92 Å². The first kappa shape index (κ1) is 16.1. The fourth-order valence-corrected chi connectivity index (χ4v) is 2.24. The van der Waals surface area contributed by atoms with Crippen molar-refractivity contribution in [3.05, 3.63) is 48.0 Å². The minimum atomic E-state index is 0.475. The lowest BCUT2D eigenvalue weighted by Gasteiger charge is -2.07. The molecule has 0 aliphatic carbocycles. The normalized spacial score (nSPS) is 11.6. The second kappa shape index (κ2) is 8.22. The molecule has 0 amide bonds. The van der Waals surface area contributed by atoms with E-state index in [9.17, 15) is 0 Å². The Balaban J connectivity index is 1.69. The van der Waals surface area contributed by atoms with Crippen LogP contribution in [-0.4, -0.2) is 22.1 Å². The number of nitrogens with one attached hydrogen (secondary N) is 1. The lowest BCUT2D eigenvalue weighted by molar-refractivity contribution is 0.602.